The van der Waals surface area contributed by atoms with Crippen LogP contribution in [0, 0.1) is 0 Å². The molecule has 0 aromatic heterocycles. The first-order chi connectivity index (χ1) is 3.55. The van der Waals surface area contributed by atoms with Crippen molar-refractivity contribution in [3.8, 4) is 0 Å². The molecule has 0 spiro atoms. The van der Waals surface area contributed by atoms with Crippen LogP contribution in [0.1, 0.15) is 27.7 Å². The minimum absolute atomic E-state index is 0.0667. The first-order valence-electron chi connectivity index (χ1n) is 2.77. The third-order valence-electron chi connectivity index (χ3n) is 0.665. The summed E-state index contributed by atoms with van der Waals surface area (Å²) in [6.07, 6.45) is 0. The zero-order chi connectivity index (χ0) is 6.73. The molecule has 0 amide bonds. The average molecular weight is 321 g/mol. The van der Waals surface area contributed by atoms with Crippen LogP contribution in [0.4, 0.5) is 0 Å². The summed E-state index contributed by atoms with van der Waals surface area (Å²) in [5.74, 6) is 0. The fourth-order valence-corrected chi connectivity index (χ4v) is 2.38. The number of rotatable bonds is 2. The van der Waals surface area contributed by atoms with Crippen molar-refractivity contribution in [1.29, 1.82) is 0 Å². The monoisotopic (exact) mass is 320 g/mol. The van der Waals surface area contributed by atoms with Crippen molar-refractivity contribution < 1.29 is 14.6 Å². The molecule has 0 saturated heterocycles. The van der Waals surface area contributed by atoms with Crippen molar-refractivity contribution in [3.63, 3.8) is 0 Å². The average Bonchev–Trinajstić information content (AvgIpc) is 1.64. The van der Waals surface area contributed by atoms with Crippen LogP contribution in [-0.2, 0) is 14.6 Å². The molecule has 0 aliphatic rings. The van der Waals surface area contributed by atoms with Gasteiger partial charge in [0.05, 0.1) is 0 Å². The molecule has 0 nitrogen and oxygen atoms in total. The van der Waals surface area contributed by atoms with Crippen LogP contribution in [-0.4, -0.2) is 0 Å². The summed E-state index contributed by atoms with van der Waals surface area (Å²) in [5.41, 5.74) is 0. The van der Waals surface area contributed by atoms with E-state index in [0.717, 1.165) is 8.27 Å². The molecule has 56 valence electrons. The molecule has 0 N–H and O–H groups in total. The van der Waals surface area contributed by atoms with E-state index in [1.54, 1.807) is 0 Å². The van der Waals surface area contributed by atoms with Crippen LogP contribution in [0.5, 0.6) is 0 Å². The molecule has 0 unspecified atom stereocenters. The molecule has 0 saturated carbocycles. The second kappa shape index (κ2) is 4.31. The van der Waals surface area contributed by atoms with Gasteiger partial charge in [-0.1, -0.05) is 0 Å². The van der Waals surface area contributed by atoms with Gasteiger partial charge in [0.2, 0.25) is 0 Å². The molecular weight excluding hydrogens is 307 g/mol. The van der Waals surface area contributed by atoms with Crippen molar-refractivity contribution >= 4 is 19.0 Å². The van der Waals surface area contributed by atoms with E-state index in [-0.39, 0.29) is 14.6 Å². The van der Waals surface area contributed by atoms with Gasteiger partial charge in [0.15, 0.2) is 0 Å². The molecule has 0 aromatic rings. The molecule has 8 heavy (non-hydrogen) atoms. The van der Waals surface area contributed by atoms with Gasteiger partial charge < -0.3 is 0 Å². The fourth-order valence-electron chi connectivity index (χ4n) is 0.402. The van der Waals surface area contributed by atoms with E-state index in [1.807, 2.05) is 0 Å². The maximum atomic E-state index is 2.62. The van der Waals surface area contributed by atoms with Crippen molar-refractivity contribution in [2.75, 3.05) is 0 Å². The molecule has 0 aliphatic carbocycles. The van der Waals surface area contributed by atoms with Gasteiger partial charge in [-0.3, -0.25) is 0 Å². The summed E-state index contributed by atoms with van der Waals surface area (Å²) in [6.45, 7) is 9.28. The molecule has 0 heterocycles. The Hall–Kier alpha value is 1.47. The Morgan fingerprint density at radius 1 is 1.00 bits per heavy atom. The summed E-state index contributed by atoms with van der Waals surface area (Å²) in [4.78, 5) is 0. The molecule has 0 radical (unpaired) electrons. The van der Waals surface area contributed by atoms with Crippen LogP contribution < -0.4 is 0 Å². The topological polar surface area (TPSA) is 0 Å². The van der Waals surface area contributed by atoms with E-state index in [9.17, 15) is 0 Å². The van der Waals surface area contributed by atoms with Gasteiger partial charge >= 0.3 is 69.6 Å². The van der Waals surface area contributed by atoms with E-state index < -0.39 is 0 Å². The summed E-state index contributed by atoms with van der Waals surface area (Å²) < 4.78 is 1.87. The van der Waals surface area contributed by atoms with Crippen LogP contribution in [0.2, 0.25) is 8.27 Å². The van der Waals surface area contributed by atoms with E-state index in [0.29, 0.717) is 0 Å². The normalized spacial score (nSPS) is 13.1. The van der Waals surface area contributed by atoms with E-state index in [2.05, 4.69) is 46.7 Å². The predicted molar refractivity (Wildman–Crippen MR) is 44.2 cm³/mol. The number of hydrogen-bond acceptors (Lipinski definition) is 0. The standard InChI is InChI=1S/2C3H7.Ag.HI/c2*1-3-2;;/h2*3H,1-2H3;;1H/q;;+1;/p-1. The van der Waals surface area contributed by atoms with E-state index in [1.165, 1.54) is 0 Å². The van der Waals surface area contributed by atoms with Crippen LogP contribution >= 0.6 is 19.0 Å². The Labute approximate surface area is 69.1 Å². The SMILES string of the molecule is C[CH](C)[Ag]([I])[CH](C)C. The van der Waals surface area contributed by atoms with E-state index in [4.69, 9.17) is 0 Å². The summed E-state index contributed by atoms with van der Waals surface area (Å²) in [5, 5.41) is 0. The van der Waals surface area contributed by atoms with E-state index >= 15 is 0 Å². The number of hydrogen-bond donors (Lipinski definition) is 0. The first kappa shape index (κ1) is 9.47. The van der Waals surface area contributed by atoms with Crippen molar-refractivity contribution in [1.82, 2.24) is 0 Å². The van der Waals surface area contributed by atoms with Gasteiger partial charge in [-0.15, -0.1) is 0 Å². The molecule has 0 bridgehead atoms. The second-order valence-electron chi connectivity index (χ2n) is 2.08. The molecule has 0 rings (SSSR count). The predicted octanol–water partition coefficient (Wildman–Crippen LogP) is 3.61. The maximum absolute atomic E-state index is 2.62. The molecule has 2 heteroatoms. The van der Waals surface area contributed by atoms with Crippen LogP contribution in [0.15, 0.2) is 0 Å². The molecule has 0 atom stereocenters. The molecular formula is C6H14AgI. The zero-order valence-electron chi connectivity index (χ0n) is 5.83. The van der Waals surface area contributed by atoms with Crippen molar-refractivity contribution in [3.05, 3.63) is 0 Å². The third-order valence-corrected chi connectivity index (χ3v) is 12.8. The zero-order valence-corrected chi connectivity index (χ0v) is 9.47. The summed E-state index contributed by atoms with van der Waals surface area (Å²) >= 11 is 2.56. The third kappa shape index (κ3) is 3.49. The Morgan fingerprint density at radius 3 is 1.25 bits per heavy atom. The van der Waals surface area contributed by atoms with Gasteiger partial charge in [-0.25, -0.2) is 0 Å². The molecule has 0 aliphatic heterocycles. The minimum atomic E-state index is -0.0667. The first-order valence-corrected chi connectivity index (χ1v) is 8.89. The van der Waals surface area contributed by atoms with Gasteiger partial charge in [-0.2, -0.15) is 0 Å². The molecule has 0 aromatic carbocycles. The molecule has 0 fully saturated rings. The summed E-state index contributed by atoms with van der Waals surface area (Å²) in [7, 11) is 0. The van der Waals surface area contributed by atoms with Gasteiger partial charge in [0, 0.05) is 0 Å². The Morgan fingerprint density at radius 2 is 1.25 bits per heavy atom. The quantitative estimate of drug-likeness (QED) is 0.538. The Balaban J connectivity index is 3.46. The van der Waals surface area contributed by atoms with Gasteiger partial charge in [0.1, 0.15) is 0 Å². The van der Waals surface area contributed by atoms with Gasteiger partial charge in [-0.05, 0) is 0 Å². The van der Waals surface area contributed by atoms with Gasteiger partial charge in [0.25, 0.3) is 0 Å². The number of halogens is 1. The fraction of sp³-hybridized carbons (Fsp3) is 1.00. The Kier molecular flexibility index (Phi) is 5.10. The van der Waals surface area contributed by atoms with Crippen LogP contribution in [0.25, 0.3) is 0 Å². The summed E-state index contributed by atoms with van der Waals surface area (Å²) in [6, 6.07) is 0. The second-order valence-corrected chi connectivity index (χ2v) is 11.1. The van der Waals surface area contributed by atoms with Crippen molar-refractivity contribution in [2.24, 2.45) is 0 Å². The van der Waals surface area contributed by atoms with Crippen molar-refractivity contribution in [2.45, 2.75) is 36.0 Å². The van der Waals surface area contributed by atoms with Crippen LogP contribution in [0.3, 0.4) is 0 Å². The Bertz CT molecular complexity index is 53.5.